The summed E-state index contributed by atoms with van der Waals surface area (Å²) >= 11 is 6.91. The Labute approximate surface area is 130 Å². The number of nitrogens with one attached hydrogen (secondary N) is 1. The maximum absolute atomic E-state index is 4.13. The second kappa shape index (κ2) is 7.38. The molecule has 1 aromatic heterocycles. The molecule has 0 unspecified atom stereocenters. The Morgan fingerprint density at radius 1 is 1.37 bits per heavy atom. The molecule has 0 fully saturated rings. The van der Waals surface area contributed by atoms with Crippen LogP contribution in [-0.4, -0.2) is 16.7 Å². The lowest BCUT2D eigenvalue weighted by Crippen LogP contribution is -2.14. The van der Waals surface area contributed by atoms with Crippen LogP contribution in [0.2, 0.25) is 0 Å². The van der Waals surface area contributed by atoms with Gasteiger partial charge in [0.2, 0.25) is 0 Å². The smallest absolute Gasteiger partial charge is 0.179 e. The molecule has 0 saturated carbocycles. The highest BCUT2D eigenvalue weighted by molar-refractivity contribution is 9.10. The average molecular weight is 358 g/mol. The summed E-state index contributed by atoms with van der Waals surface area (Å²) in [5, 5.41) is 12.6. The number of aromatic nitrogens is 2. The van der Waals surface area contributed by atoms with Gasteiger partial charge in [-0.2, -0.15) is 0 Å². The zero-order chi connectivity index (χ0) is 13.7. The number of benzene rings is 1. The zero-order valence-corrected chi connectivity index (χ0v) is 14.2. The van der Waals surface area contributed by atoms with Gasteiger partial charge >= 0.3 is 0 Å². The first-order valence-electron chi connectivity index (χ1n) is 6.16. The van der Waals surface area contributed by atoms with Crippen LogP contribution in [0, 0.1) is 6.92 Å². The summed E-state index contributed by atoms with van der Waals surface area (Å²) in [5.41, 5.74) is 1.28. The van der Waals surface area contributed by atoms with Crippen LogP contribution in [-0.2, 0) is 6.54 Å². The third-order valence-electron chi connectivity index (χ3n) is 2.48. The van der Waals surface area contributed by atoms with E-state index in [9.17, 15) is 0 Å². The van der Waals surface area contributed by atoms with Gasteiger partial charge in [-0.25, -0.2) is 0 Å². The molecule has 0 aliphatic heterocycles. The fourth-order valence-electron chi connectivity index (χ4n) is 1.56. The van der Waals surface area contributed by atoms with Gasteiger partial charge in [0, 0.05) is 15.9 Å². The quantitative estimate of drug-likeness (QED) is 0.783. The van der Waals surface area contributed by atoms with Crippen molar-refractivity contribution in [2.45, 2.75) is 36.0 Å². The van der Waals surface area contributed by atoms with Crippen molar-refractivity contribution >= 4 is 39.0 Å². The van der Waals surface area contributed by atoms with Crippen LogP contribution in [0.15, 0.2) is 31.9 Å². The lowest BCUT2D eigenvalue weighted by molar-refractivity contribution is 0.673. The Kier molecular flexibility index (Phi) is 5.81. The van der Waals surface area contributed by atoms with Crippen molar-refractivity contribution in [3.63, 3.8) is 0 Å². The first-order valence-corrected chi connectivity index (χ1v) is 8.58. The third-order valence-corrected chi connectivity index (χ3v) is 5.10. The van der Waals surface area contributed by atoms with E-state index in [0.717, 1.165) is 33.3 Å². The summed E-state index contributed by atoms with van der Waals surface area (Å²) < 4.78 is 2.13. The summed E-state index contributed by atoms with van der Waals surface area (Å²) in [6.07, 6.45) is 1.15. The first-order chi connectivity index (χ1) is 9.19. The Balaban J connectivity index is 2.01. The Morgan fingerprint density at radius 2 is 2.21 bits per heavy atom. The molecule has 1 aromatic carbocycles. The van der Waals surface area contributed by atoms with E-state index in [1.807, 2.05) is 6.92 Å². The first kappa shape index (κ1) is 15.0. The molecule has 19 heavy (non-hydrogen) atoms. The van der Waals surface area contributed by atoms with Crippen molar-refractivity contribution in [3.05, 3.63) is 33.2 Å². The van der Waals surface area contributed by atoms with E-state index < -0.39 is 0 Å². The lowest BCUT2D eigenvalue weighted by atomic mass is 10.2. The van der Waals surface area contributed by atoms with Crippen LogP contribution >= 0.6 is 39.0 Å². The standard InChI is InChI=1S/C13H16BrN3S2/c1-3-6-15-8-10-4-5-11(7-12(10)14)19-13-17-16-9(2)18-13/h4-5,7,15H,3,6,8H2,1-2H3. The molecule has 2 aromatic rings. The van der Waals surface area contributed by atoms with E-state index in [1.54, 1.807) is 23.1 Å². The molecule has 0 spiro atoms. The Morgan fingerprint density at radius 3 is 2.84 bits per heavy atom. The predicted octanol–water partition coefficient (Wildman–Crippen LogP) is 4.26. The summed E-state index contributed by atoms with van der Waals surface area (Å²) in [6.45, 7) is 6.09. The molecular formula is C13H16BrN3S2. The minimum atomic E-state index is 0.900. The molecule has 102 valence electrons. The third kappa shape index (κ3) is 4.56. The molecule has 0 saturated heterocycles. The van der Waals surface area contributed by atoms with Gasteiger partial charge in [-0.3, -0.25) is 0 Å². The zero-order valence-electron chi connectivity index (χ0n) is 10.9. The molecule has 0 amide bonds. The highest BCUT2D eigenvalue weighted by Gasteiger charge is 2.06. The number of hydrogen-bond donors (Lipinski definition) is 1. The van der Waals surface area contributed by atoms with E-state index in [-0.39, 0.29) is 0 Å². The van der Waals surface area contributed by atoms with Gasteiger partial charge in [-0.15, -0.1) is 10.2 Å². The maximum Gasteiger partial charge on any atom is 0.179 e. The second-order valence-electron chi connectivity index (χ2n) is 4.12. The van der Waals surface area contributed by atoms with Crippen molar-refractivity contribution in [1.29, 1.82) is 0 Å². The minimum Gasteiger partial charge on any atom is -0.313 e. The summed E-state index contributed by atoms with van der Waals surface area (Å²) in [7, 11) is 0. The van der Waals surface area contributed by atoms with Crippen LogP contribution < -0.4 is 5.32 Å². The van der Waals surface area contributed by atoms with Crippen LogP contribution in [0.4, 0.5) is 0 Å². The summed E-state index contributed by atoms with van der Waals surface area (Å²) in [4.78, 5) is 1.18. The monoisotopic (exact) mass is 357 g/mol. The molecule has 0 aliphatic rings. The van der Waals surface area contributed by atoms with Crippen molar-refractivity contribution in [2.75, 3.05) is 6.54 Å². The number of hydrogen-bond acceptors (Lipinski definition) is 5. The number of halogens is 1. The highest BCUT2D eigenvalue weighted by atomic mass is 79.9. The van der Waals surface area contributed by atoms with Gasteiger partial charge in [-0.05, 0) is 37.6 Å². The summed E-state index contributed by atoms with van der Waals surface area (Å²) in [5.74, 6) is 0. The van der Waals surface area contributed by atoms with E-state index in [2.05, 4.69) is 56.6 Å². The van der Waals surface area contributed by atoms with Crippen molar-refractivity contribution < 1.29 is 0 Å². The van der Waals surface area contributed by atoms with Crippen LogP contribution in [0.5, 0.6) is 0 Å². The Hall–Kier alpha value is -0.430. The van der Waals surface area contributed by atoms with Gasteiger partial charge in [-0.1, -0.05) is 52.0 Å². The second-order valence-corrected chi connectivity index (χ2v) is 7.48. The largest absolute Gasteiger partial charge is 0.313 e. The van der Waals surface area contributed by atoms with E-state index in [1.165, 1.54) is 10.5 Å². The van der Waals surface area contributed by atoms with Crippen LogP contribution in [0.1, 0.15) is 23.9 Å². The number of rotatable bonds is 6. The minimum absolute atomic E-state index is 0.900. The molecule has 1 N–H and O–H groups in total. The van der Waals surface area contributed by atoms with Gasteiger partial charge in [0.05, 0.1) is 0 Å². The Bertz CT molecular complexity index is 542. The number of aryl methyl sites for hydroxylation is 1. The fraction of sp³-hybridized carbons (Fsp3) is 0.385. The molecule has 2 rings (SSSR count). The van der Waals surface area contributed by atoms with Crippen LogP contribution in [0.25, 0.3) is 0 Å². The van der Waals surface area contributed by atoms with Crippen molar-refractivity contribution in [2.24, 2.45) is 0 Å². The van der Waals surface area contributed by atoms with E-state index in [4.69, 9.17) is 0 Å². The molecule has 6 heteroatoms. The predicted molar refractivity (Wildman–Crippen MR) is 84.9 cm³/mol. The molecular weight excluding hydrogens is 342 g/mol. The topological polar surface area (TPSA) is 37.8 Å². The molecule has 1 heterocycles. The van der Waals surface area contributed by atoms with Crippen LogP contribution in [0.3, 0.4) is 0 Å². The molecule has 0 bridgehead atoms. The molecule has 0 radical (unpaired) electrons. The normalized spacial score (nSPS) is 10.9. The van der Waals surface area contributed by atoms with Gasteiger partial charge in [0.25, 0.3) is 0 Å². The van der Waals surface area contributed by atoms with Gasteiger partial charge in [0.1, 0.15) is 5.01 Å². The SMILES string of the molecule is CCCNCc1ccc(Sc2nnc(C)s2)cc1Br. The molecule has 0 atom stereocenters. The average Bonchev–Trinajstić information content (AvgIpc) is 2.78. The van der Waals surface area contributed by atoms with E-state index >= 15 is 0 Å². The fourth-order valence-corrected chi connectivity index (χ4v) is 4.06. The maximum atomic E-state index is 4.13. The van der Waals surface area contributed by atoms with Gasteiger partial charge < -0.3 is 5.32 Å². The lowest BCUT2D eigenvalue weighted by Gasteiger charge is -2.07. The van der Waals surface area contributed by atoms with Gasteiger partial charge in [0.15, 0.2) is 4.34 Å². The highest BCUT2D eigenvalue weighted by Crippen LogP contribution is 2.32. The molecule has 3 nitrogen and oxygen atoms in total. The van der Waals surface area contributed by atoms with E-state index in [0.29, 0.717) is 0 Å². The van der Waals surface area contributed by atoms with Crippen molar-refractivity contribution in [3.8, 4) is 0 Å². The summed E-state index contributed by atoms with van der Waals surface area (Å²) in [6, 6.07) is 6.43. The van der Waals surface area contributed by atoms with Crippen molar-refractivity contribution in [1.82, 2.24) is 15.5 Å². The number of nitrogens with zero attached hydrogens (tertiary/aromatic N) is 2. The molecule has 0 aliphatic carbocycles.